The van der Waals surface area contributed by atoms with Crippen LogP contribution in [0.15, 0.2) is 36.4 Å². The van der Waals surface area contributed by atoms with Gasteiger partial charge in [0.15, 0.2) is 0 Å². The second-order valence-corrected chi connectivity index (χ2v) is 5.40. The molecule has 104 valence electrons. The molecule has 3 rings (SSSR count). The zero-order chi connectivity index (χ0) is 13.9. The lowest BCUT2D eigenvalue weighted by atomic mass is 10.1. The van der Waals surface area contributed by atoms with Crippen LogP contribution in [0.1, 0.15) is 28.7 Å². The molecule has 0 atom stereocenters. The van der Waals surface area contributed by atoms with E-state index in [9.17, 15) is 4.39 Å². The summed E-state index contributed by atoms with van der Waals surface area (Å²) in [5, 5.41) is 0. The number of fused-ring (bicyclic) bond motifs is 1. The van der Waals surface area contributed by atoms with E-state index < -0.39 is 0 Å². The number of ether oxygens (including phenoxy) is 1. The third kappa shape index (κ3) is 2.80. The van der Waals surface area contributed by atoms with Gasteiger partial charge in [-0.25, -0.2) is 4.39 Å². The maximum absolute atomic E-state index is 13.1. The van der Waals surface area contributed by atoms with Crippen molar-refractivity contribution >= 4 is 11.6 Å². The third-order valence-electron chi connectivity index (χ3n) is 3.72. The van der Waals surface area contributed by atoms with Gasteiger partial charge in [0, 0.05) is 5.56 Å². The normalized spacial score (nSPS) is 13.3. The maximum atomic E-state index is 13.1. The van der Waals surface area contributed by atoms with Gasteiger partial charge in [0.1, 0.15) is 18.2 Å². The summed E-state index contributed by atoms with van der Waals surface area (Å²) in [7, 11) is 0. The van der Waals surface area contributed by atoms with Crippen LogP contribution in [0, 0.1) is 5.82 Å². The lowest BCUT2D eigenvalue weighted by molar-refractivity contribution is 0.303. The topological polar surface area (TPSA) is 9.23 Å². The Morgan fingerprint density at radius 2 is 1.90 bits per heavy atom. The van der Waals surface area contributed by atoms with E-state index >= 15 is 0 Å². The van der Waals surface area contributed by atoms with Crippen LogP contribution in [0.3, 0.4) is 0 Å². The van der Waals surface area contributed by atoms with Crippen LogP contribution in [0.25, 0.3) is 0 Å². The highest BCUT2D eigenvalue weighted by Crippen LogP contribution is 2.25. The van der Waals surface area contributed by atoms with Gasteiger partial charge in [-0.1, -0.05) is 18.2 Å². The Morgan fingerprint density at radius 3 is 2.75 bits per heavy atom. The summed E-state index contributed by atoms with van der Waals surface area (Å²) in [6, 6.07) is 11.0. The SMILES string of the molecule is Fc1ccc(OCc2ccc3c(c2)CCC3)c(CCl)c1. The molecule has 0 unspecified atom stereocenters. The quantitative estimate of drug-likeness (QED) is 0.746. The van der Waals surface area contributed by atoms with Gasteiger partial charge in [0.2, 0.25) is 0 Å². The number of aryl methyl sites for hydroxylation is 2. The van der Waals surface area contributed by atoms with E-state index in [1.54, 1.807) is 6.07 Å². The first kappa shape index (κ1) is 13.4. The van der Waals surface area contributed by atoms with Gasteiger partial charge < -0.3 is 4.74 Å². The van der Waals surface area contributed by atoms with E-state index in [0.29, 0.717) is 17.9 Å². The largest absolute Gasteiger partial charge is 0.489 e. The number of hydrogen-bond acceptors (Lipinski definition) is 1. The second-order valence-electron chi connectivity index (χ2n) is 5.13. The summed E-state index contributed by atoms with van der Waals surface area (Å²) < 4.78 is 18.9. The highest BCUT2D eigenvalue weighted by molar-refractivity contribution is 6.17. The maximum Gasteiger partial charge on any atom is 0.124 e. The second kappa shape index (κ2) is 5.84. The molecule has 0 saturated carbocycles. The minimum Gasteiger partial charge on any atom is -0.489 e. The summed E-state index contributed by atoms with van der Waals surface area (Å²) in [5.74, 6) is 0.615. The lowest BCUT2D eigenvalue weighted by Crippen LogP contribution is -1.99. The Kier molecular flexibility index (Phi) is 3.93. The molecule has 2 aromatic carbocycles. The first-order valence-electron chi connectivity index (χ1n) is 6.84. The number of alkyl halides is 1. The van der Waals surface area contributed by atoms with Crippen molar-refractivity contribution in [1.29, 1.82) is 0 Å². The van der Waals surface area contributed by atoms with Crippen molar-refractivity contribution in [3.05, 3.63) is 64.5 Å². The Hall–Kier alpha value is -1.54. The molecule has 0 bridgehead atoms. The Labute approximate surface area is 123 Å². The van der Waals surface area contributed by atoms with Gasteiger partial charge in [-0.3, -0.25) is 0 Å². The Balaban J connectivity index is 1.73. The molecule has 1 aliphatic carbocycles. The van der Waals surface area contributed by atoms with Crippen molar-refractivity contribution in [2.75, 3.05) is 0 Å². The highest BCUT2D eigenvalue weighted by atomic mass is 35.5. The predicted molar refractivity (Wildman–Crippen MR) is 78.8 cm³/mol. The zero-order valence-electron chi connectivity index (χ0n) is 11.2. The fourth-order valence-electron chi connectivity index (χ4n) is 2.67. The van der Waals surface area contributed by atoms with E-state index in [1.165, 1.54) is 36.1 Å². The monoisotopic (exact) mass is 290 g/mol. The Bertz CT molecular complexity index is 624. The minimum absolute atomic E-state index is 0.247. The van der Waals surface area contributed by atoms with Crippen LogP contribution in [0.4, 0.5) is 4.39 Å². The fourth-order valence-corrected chi connectivity index (χ4v) is 2.88. The van der Waals surface area contributed by atoms with E-state index in [2.05, 4.69) is 18.2 Å². The summed E-state index contributed by atoms with van der Waals surface area (Å²) >= 11 is 5.82. The van der Waals surface area contributed by atoms with Gasteiger partial charge >= 0.3 is 0 Å². The van der Waals surface area contributed by atoms with Crippen molar-refractivity contribution in [3.63, 3.8) is 0 Å². The first-order valence-corrected chi connectivity index (χ1v) is 7.37. The van der Waals surface area contributed by atoms with Crippen molar-refractivity contribution in [2.45, 2.75) is 31.7 Å². The average molecular weight is 291 g/mol. The molecule has 0 spiro atoms. The van der Waals surface area contributed by atoms with Crippen LogP contribution in [-0.2, 0) is 25.3 Å². The molecular weight excluding hydrogens is 275 g/mol. The van der Waals surface area contributed by atoms with Crippen molar-refractivity contribution in [1.82, 2.24) is 0 Å². The van der Waals surface area contributed by atoms with Gasteiger partial charge in [-0.15, -0.1) is 11.6 Å². The van der Waals surface area contributed by atoms with Gasteiger partial charge in [0.25, 0.3) is 0 Å². The zero-order valence-corrected chi connectivity index (χ0v) is 11.9. The molecule has 0 amide bonds. The highest BCUT2D eigenvalue weighted by Gasteiger charge is 2.11. The third-order valence-corrected chi connectivity index (χ3v) is 4.01. The molecule has 0 aliphatic heterocycles. The molecule has 3 heteroatoms. The van der Waals surface area contributed by atoms with Crippen molar-refractivity contribution in [2.24, 2.45) is 0 Å². The molecule has 0 aromatic heterocycles. The Morgan fingerprint density at radius 1 is 1.05 bits per heavy atom. The fraction of sp³-hybridized carbons (Fsp3) is 0.294. The number of benzene rings is 2. The molecule has 0 N–H and O–H groups in total. The molecule has 2 aromatic rings. The molecule has 1 aliphatic rings. The number of rotatable bonds is 4. The summed E-state index contributed by atoms with van der Waals surface area (Å²) in [6.45, 7) is 0.489. The summed E-state index contributed by atoms with van der Waals surface area (Å²) in [4.78, 5) is 0. The predicted octanol–water partition coefficient (Wildman–Crippen LogP) is 4.63. The molecule has 0 fully saturated rings. The van der Waals surface area contributed by atoms with E-state index in [1.807, 2.05) is 0 Å². The van der Waals surface area contributed by atoms with Gasteiger partial charge in [-0.05, 0) is 54.2 Å². The molecule has 0 radical (unpaired) electrons. The van der Waals surface area contributed by atoms with E-state index in [0.717, 1.165) is 12.0 Å². The van der Waals surface area contributed by atoms with Crippen molar-refractivity contribution < 1.29 is 9.13 Å². The summed E-state index contributed by atoms with van der Waals surface area (Å²) in [6.07, 6.45) is 3.59. The molecule has 0 heterocycles. The van der Waals surface area contributed by atoms with Crippen LogP contribution < -0.4 is 4.74 Å². The van der Waals surface area contributed by atoms with E-state index in [-0.39, 0.29) is 11.7 Å². The lowest BCUT2D eigenvalue weighted by Gasteiger charge is -2.11. The molecular formula is C17H16ClFO. The van der Waals surface area contributed by atoms with Crippen LogP contribution in [0.2, 0.25) is 0 Å². The van der Waals surface area contributed by atoms with Crippen LogP contribution in [0.5, 0.6) is 5.75 Å². The van der Waals surface area contributed by atoms with Gasteiger partial charge in [0.05, 0.1) is 5.88 Å². The smallest absolute Gasteiger partial charge is 0.124 e. The first-order chi connectivity index (χ1) is 9.76. The number of hydrogen-bond donors (Lipinski definition) is 0. The van der Waals surface area contributed by atoms with Gasteiger partial charge in [-0.2, -0.15) is 0 Å². The average Bonchev–Trinajstić information content (AvgIpc) is 2.93. The summed E-state index contributed by atoms with van der Waals surface area (Å²) in [5.41, 5.74) is 4.73. The standard InChI is InChI=1S/C17H16ClFO/c18-10-15-9-16(19)6-7-17(15)20-11-12-4-5-13-2-1-3-14(13)8-12/h4-9H,1-3,10-11H2. The molecule has 0 saturated heterocycles. The number of halogens is 2. The molecule has 1 nitrogen and oxygen atoms in total. The van der Waals surface area contributed by atoms with Crippen molar-refractivity contribution in [3.8, 4) is 5.75 Å². The van der Waals surface area contributed by atoms with Crippen LogP contribution in [-0.4, -0.2) is 0 Å². The van der Waals surface area contributed by atoms with Crippen LogP contribution >= 0.6 is 11.6 Å². The molecule has 20 heavy (non-hydrogen) atoms. The van der Waals surface area contributed by atoms with E-state index in [4.69, 9.17) is 16.3 Å². The minimum atomic E-state index is -0.287.